The molecule has 0 aromatic heterocycles. The molecule has 1 amide bonds. The van der Waals surface area contributed by atoms with Crippen LogP contribution in [-0.4, -0.2) is 21.4 Å². The van der Waals surface area contributed by atoms with E-state index in [0.717, 1.165) is 5.56 Å². The van der Waals surface area contributed by atoms with E-state index in [0.29, 0.717) is 22.1 Å². The molecule has 3 aromatic rings. The van der Waals surface area contributed by atoms with Crippen molar-refractivity contribution in [3.05, 3.63) is 89.5 Å². The van der Waals surface area contributed by atoms with E-state index in [4.69, 9.17) is 16.3 Å². The lowest BCUT2D eigenvalue weighted by atomic mass is 10.2. The summed E-state index contributed by atoms with van der Waals surface area (Å²) >= 11 is 6.05. The molecule has 2 N–H and O–H groups in total. The number of hydrogen-bond acceptors (Lipinski definition) is 4. The van der Waals surface area contributed by atoms with Crippen LogP contribution in [0, 0.1) is 0 Å². The number of carbonyl (C=O) groups is 1. The molecule has 0 aliphatic rings. The number of anilines is 2. The predicted octanol–water partition coefficient (Wildman–Crippen LogP) is 4.80. The predicted molar refractivity (Wildman–Crippen MR) is 119 cm³/mol. The van der Waals surface area contributed by atoms with Crippen LogP contribution in [0.5, 0.6) is 5.75 Å². The van der Waals surface area contributed by atoms with Gasteiger partial charge in [-0.15, -0.1) is 0 Å². The Kier molecular flexibility index (Phi) is 6.76. The molecule has 0 saturated heterocycles. The fourth-order valence-electron chi connectivity index (χ4n) is 2.55. The van der Waals surface area contributed by atoms with Crippen molar-refractivity contribution >= 4 is 45.0 Å². The molecular weight excluding hydrogens is 424 g/mol. The molecule has 3 rings (SSSR count). The number of methoxy groups -OCH3 is 1. The number of hydrogen-bond donors (Lipinski definition) is 2. The van der Waals surface area contributed by atoms with E-state index in [9.17, 15) is 13.2 Å². The molecule has 6 nitrogen and oxygen atoms in total. The molecule has 0 atom stereocenters. The molecule has 0 saturated carbocycles. The highest BCUT2D eigenvalue weighted by Gasteiger charge is 2.14. The van der Waals surface area contributed by atoms with E-state index < -0.39 is 10.0 Å². The molecule has 0 aliphatic carbocycles. The van der Waals surface area contributed by atoms with Gasteiger partial charge in [0.15, 0.2) is 0 Å². The minimum atomic E-state index is -3.76. The smallest absolute Gasteiger partial charge is 0.261 e. The highest BCUT2D eigenvalue weighted by atomic mass is 35.5. The normalized spacial score (nSPS) is 11.3. The van der Waals surface area contributed by atoms with Crippen LogP contribution in [0.4, 0.5) is 11.4 Å². The Labute approximate surface area is 180 Å². The maximum absolute atomic E-state index is 12.5. The van der Waals surface area contributed by atoms with Crippen molar-refractivity contribution < 1.29 is 17.9 Å². The summed E-state index contributed by atoms with van der Waals surface area (Å²) in [5, 5.41) is 3.22. The number of halogens is 1. The van der Waals surface area contributed by atoms with Crippen molar-refractivity contribution in [3.8, 4) is 5.75 Å². The summed E-state index contributed by atoms with van der Waals surface area (Å²) in [5.41, 5.74) is 1.60. The molecule has 0 aliphatic heterocycles. The Morgan fingerprint density at radius 3 is 2.20 bits per heavy atom. The molecule has 3 aromatic carbocycles. The van der Waals surface area contributed by atoms with Gasteiger partial charge in [0.25, 0.3) is 10.0 Å². The van der Waals surface area contributed by atoms with Gasteiger partial charge < -0.3 is 10.1 Å². The number of ether oxygens (including phenoxy) is 1. The van der Waals surface area contributed by atoms with Gasteiger partial charge in [-0.25, -0.2) is 8.42 Å². The van der Waals surface area contributed by atoms with Crippen LogP contribution >= 0.6 is 11.6 Å². The van der Waals surface area contributed by atoms with Crippen LogP contribution < -0.4 is 14.8 Å². The molecule has 0 unspecified atom stereocenters. The van der Waals surface area contributed by atoms with Crippen LogP contribution in [0.3, 0.4) is 0 Å². The summed E-state index contributed by atoms with van der Waals surface area (Å²) in [4.78, 5) is 12.2. The number of benzene rings is 3. The Balaban J connectivity index is 1.64. The van der Waals surface area contributed by atoms with Crippen LogP contribution in [0.2, 0.25) is 5.02 Å². The van der Waals surface area contributed by atoms with Crippen molar-refractivity contribution in [3.63, 3.8) is 0 Å². The maximum Gasteiger partial charge on any atom is 0.261 e. The summed E-state index contributed by atoms with van der Waals surface area (Å²) in [6, 6.07) is 19.6. The first-order valence-electron chi connectivity index (χ1n) is 8.88. The topological polar surface area (TPSA) is 84.5 Å². The van der Waals surface area contributed by atoms with Gasteiger partial charge >= 0.3 is 0 Å². The van der Waals surface area contributed by atoms with E-state index in [1.165, 1.54) is 37.5 Å². The van der Waals surface area contributed by atoms with Gasteiger partial charge in [-0.3, -0.25) is 9.52 Å². The number of amides is 1. The Morgan fingerprint density at radius 1 is 0.933 bits per heavy atom. The number of rotatable bonds is 7. The summed E-state index contributed by atoms with van der Waals surface area (Å²) in [6.07, 6.45) is 2.96. The minimum Gasteiger partial charge on any atom is -0.497 e. The van der Waals surface area contributed by atoms with Crippen molar-refractivity contribution in [2.75, 3.05) is 17.1 Å². The molecule has 30 heavy (non-hydrogen) atoms. The third-order valence-corrected chi connectivity index (χ3v) is 5.84. The average molecular weight is 443 g/mol. The lowest BCUT2D eigenvalue weighted by Gasteiger charge is -2.09. The van der Waals surface area contributed by atoms with Gasteiger partial charge in [-0.1, -0.05) is 29.8 Å². The van der Waals surface area contributed by atoms with Gasteiger partial charge in [-0.2, -0.15) is 0 Å². The van der Waals surface area contributed by atoms with Gasteiger partial charge in [-0.05, 0) is 66.2 Å². The first kappa shape index (κ1) is 21.4. The monoisotopic (exact) mass is 442 g/mol. The largest absolute Gasteiger partial charge is 0.497 e. The van der Waals surface area contributed by atoms with Crippen molar-refractivity contribution in [1.82, 2.24) is 0 Å². The van der Waals surface area contributed by atoms with Crippen LogP contribution in [0.25, 0.3) is 6.08 Å². The Hall–Kier alpha value is -3.29. The van der Waals surface area contributed by atoms with Crippen molar-refractivity contribution in [1.29, 1.82) is 0 Å². The van der Waals surface area contributed by atoms with E-state index in [2.05, 4.69) is 10.0 Å². The van der Waals surface area contributed by atoms with E-state index >= 15 is 0 Å². The first-order chi connectivity index (χ1) is 14.4. The van der Waals surface area contributed by atoms with Crippen LogP contribution in [0.15, 0.2) is 83.8 Å². The zero-order valence-electron chi connectivity index (χ0n) is 16.0. The molecule has 8 heteroatoms. The summed E-state index contributed by atoms with van der Waals surface area (Å²) in [7, 11) is -2.23. The SMILES string of the molecule is COc1ccc(NS(=O)(=O)c2ccc(NC(=O)C=Cc3ccccc3Cl)cc2)cc1. The average Bonchev–Trinajstić information content (AvgIpc) is 2.74. The standard InChI is InChI=1S/C22H19ClN2O4S/c1-29-19-11-7-18(8-12-19)25-30(27,28)20-13-9-17(10-14-20)24-22(26)15-6-16-4-2-3-5-21(16)23/h2-15,25H,1H3,(H,24,26). The second-order valence-corrected chi connectivity index (χ2v) is 8.29. The van der Waals surface area contributed by atoms with Crippen LogP contribution in [0.1, 0.15) is 5.56 Å². The summed E-state index contributed by atoms with van der Waals surface area (Å²) in [6.45, 7) is 0. The summed E-state index contributed by atoms with van der Waals surface area (Å²) < 4.78 is 32.6. The van der Waals surface area contributed by atoms with Gasteiger partial charge in [0.05, 0.1) is 12.0 Å². The third-order valence-electron chi connectivity index (χ3n) is 4.09. The van der Waals surface area contributed by atoms with E-state index in [-0.39, 0.29) is 10.8 Å². The quantitative estimate of drug-likeness (QED) is 0.514. The lowest BCUT2D eigenvalue weighted by molar-refractivity contribution is -0.111. The number of sulfonamides is 1. The second-order valence-electron chi connectivity index (χ2n) is 6.20. The van der Waals surface area contributed by atoms with Gasteiger partial charge in [0.2, 0.25) is 5.91 Å². The first-order valence-corrected chi connectivity index (χ1v) is 10.7. The zero-order valence-corrected chi connectivity index (χ0v) is 17.6. The van der Waals surface area contributed by atoms with Crippen molar-refractivity contribution in [2.45, 2.75) is 4.90 Å². The molecule has 0 radical (unpaired) electrons. The van der Waals surface area contributed by atoms with Crippen LogP contribution in [-0.2, 0) is 14.8 Å². The van der Waals surface area contributed by atoms with Crippen molar-refractivity contribution in [2.24, 2.45) is 0 Å². The van der Waals surface area contributed by atoms with E-state index in [1.807, 2.05) is 6.07 Å². The fraction of sp³-hybridized carbons (Fsp3) is 0.0455. The highest BCUT2D eigenvalue weighted by molar-refractivity contribution is 7.92. The second kappa shape index (κ2) is 9.47. The minimum absolute atomic E-state index is 0.0722. The molecule has 0 spiro atoms. The van der Waals surface area contributed by atoms with Gasteiger partial charge in [0, 0.05) is 22.5 Å². The maximum atomic E-state index is 12.5. The molecule has 0 heterocycles. The Bertz CT molecular complexity index is 1160. The number of carbonyl (C=O) groups excluding carboxylic acids is 1. The Morgan fingerprint density at radius 2 is 1.57 bits per heavy atom. The summed E-state index contributed by atoms with van der Waals surface area (Å²) in [5.74, 6) is 0.267. The molecule has 0 fully saturated rings. The van der Waals surface area contributed by atoms with Gasteiger partial charge in [0.1, 0.15) is 5.75 Å². The molecule has 154 valence electrons. The fourth-order valence-corrected chi connectivity index (χ4v) is 3.81. The number of nitrogens with one attached hydrogen (secondary N) is 2. The third kappa shape index (κ3) is 5.62. The zero-order chi connectivity index (χ0) is 21.6. The highest BCUT2D eigenvalue weighted by Crippen LogP contribution is 2.21. The molecular formula is C22H19ClN2O4S. The molecule has 0 bridgehead atoms. The lowest BCUT2D eigenvalue weighted by Crippen LogP contribution is -2.13. The van der Waals surface area contributed by atoms with E-state index in [1.54, 1.807) is 48.5 Å².